The summed E-state index contributed by atoms with van der Waals surface area (Å²) in [4.78, 5) is 0. The fraction of sp³-hybridized carbons (Fsp3) is 0. The van der Waals surface area contributed by atoms with E-state index in [-0.39, 0.29) is 0 Å². The maximum absolute atomic E-state index is 4.09. The van der Waals surface area contributed by atoms with Gasteiger partial charge in [-0.3, -0.25) is 0 Å². The van der Waals surface area contributed by atoms with E-state index < -0.39 is 0 Å². The van der Waals surface area contributed by atoms with Gasteiger partial charge in [0.05, 0.1) is 6.21 Å². The summed E-state index contributed by atoms with van der Waals surface area (Å²) in [5.41, 5.74) is 0. The summed E-state index contributed by atoms with van der Waals surface area (Å²) < 4.78 is 4.09. The van der Waals surface area contributed by atoms with Crippen molar-refractivity contribution in [2.75, 3.05) is 0 Å². The molecule has 0 atom stereocenters. The standard InChI is InChI=1S/C3H4NOSi/c1-2-3-4-5-6/h2-3H,1H2. The Morgan fingerprint density at radius 1 is 1.83 bits per heavy atom. The van der Waals surface area contributed by atoms with E-state index in [9.17, 15) is 0 Å². The molecule has 0 rings (SSSR count). The lowest BCUT2D eigenvalue weighted by Crippen LogP contribution is -1.68. The Hall–Kier alpha value is -0.573. The number of hydrogen-bond acceptors (Lipinski definition) is 2. The summed E-state index contributed by atoms with van der Waals surface area (Å²) >= 11 is 0. The van der Waals surface area contributed by atoms with E-state index in [1.165, 1.54) is 12.3 Å². The van der Waals surface area contributed by atoms with Crippen molar-refractivity contribution in [1.29, 1.82) is 0 Å². The first-order valence-electron chi connectivity index (χ1n) is 1.39. The lowest BCUT2D eigenvalue weighted by Gasteiger charge is -1.76. The zero-order valence-electron chi connectivity index (χ0n) is 3.22. The van der Waals surface area contributed by atoms with Crippen LogP contribution in [0, 0.1) is 0 Å². The average Bonchev–Trinajstić information content (AvgIpc) is 1.61. The molecule has 0 aromatic heterocycles. The van der Waals surface area contributed by atoms with Gasteiger partial charge in [-0.1, -0.05) is 6.58 Å². The Kier molecular flexibility index (Phi) is 4.00. The predicted octanol–water partition coefficient (Wildman–Crippen LogP) is 0.258. The topological polar surface area (TPSA) is 21.6 Å². The summed E-state index contributed by atoms with van der Waals surface area (Å²) in [6.07, 6.45) is 2.94. The van der Waals surface area contributed by atoms with Gasteiger partial charge in [-0.2, -0.15) is 0 Å². The van der Waals surface area contributed by atoms with E-state index in [4.69, 9.17) is 0 Å². The molecular formula is C3H4NOSi. The first-order chi connectivity index (χ1) is 2.91. The molecule has 0 saturated carbocycles. The lowest BCUT2D eigenvalue weighted by molar-refractivity contribution is 0.381. The van der Waals surface area contributed by atoms with Gasteiger partial charge in [0.2, 0.25) is 0 Å². The molecule has 3 radical (unpaired) electrons. The summed E-state index contributed by atoms with van der Waals surface area (Å²) in [6, 6.07) is 0. The van der Waals surface area contributed by atoms with Gasteiger partial charge >= 0.3 is 10.5 Å². The van der Waals surface area contributed by atoms with Crippen LogP contribution >= 0.6 is 0 Å². The molecule has 3 heteroatoms. The molecular weight excluding hydrogens is 94.1 g/mol. The number of rotatable bonds is 2. The van der Waals surface area contributed by atoms with Gasteiger partial charge in [-0.05, 0) is 6.08 Å². The number of nitrogens with zero attached hydrogens (tertiary/aromatic N) is 1. The van der Waals surface area contributed by atoms with Crippen molar-refractivity contribution in [2.45, 2.75) is 0 Å². The molecule has 0 heterocycles. The van der Waals surface area contributed by atoms with Crippen molar-refractivity contribution in [1.82, 2.24) is 0 Å². The van der Waals surface area contributed by atoms with Gasteiger partial charge in [-0.15, -0.1) is 5.16 Å². The number of hydrogen-bond donors (Lipinski definition) is 0. The van der Waals surface area contributed by atoms with Crippen molar-refractivity contribution in [3.8, 4) is 0 Å². The van der Waals surface area contributed by atoms with Crippen LogP contribution in [0.3, 0.4) is 0 Å². The minimum absolute atomic E-state index is 1.42. The smallest absolute Gasteiger partial charge is 0.387 e. The molecule has 0 aromatic rings. The van der Waals surface area contributed by atoms with E-state index in [2.05, 4.69) is 26.7 Å². The maximum Gasteiger partial charge on any atom is 0.387 e. The highest BCUT2D eigenvalue weighted by molar-refractivity contribution is 5.98. The largest absolute Gasteiger partial charge is 0.454 e. The second kappa shape index (κ2) is 4.43. The molecule has 0 bridgehead atoms. The molecule has 2 nitrogen and oxygen atoms in total. The highest BCUT2D eigenvalue weighted by Gasteiger charge is 1.53. The molecule has 0 aliphatic heterocycles. The van der Waals surface area contributed by atoms with Crippen LogP contribution in [-0.4, -0.2) is 16.7 Å². The third kappa shape index (κ3) is 3.43. The Balaban J connectivity index is 2.94. The molecule has 0 saturated heterocycles. The molecule has 0 aliphatic rings. The third-order valence-corrected chi connectivity index (χ3v) is 0.324. The highest BCUT2D eigenvalue weighted by atomic mass is 28.2. The van der Waals surface area contributed by atoms with Crippen LogP contribution in [0.1, 0.15) is 0 Å². The van der Waals surface area contributed by atoms with E-state index in [1.807, 2.05) is 0 Å². The summed E-state index contributed by atoms with van der Waals surface area (Å²) in [5.74, 6) is 0. The van der Waals surface area contributed by atoms with Crippen LogP contribution in [0.15, 0.2) is 17.8 Å². The summed E-state index contributed by atoms with van der Waals surface area (Å²) in [5, 5.41) is 3.26. The molecule has 6 heavy (non-hydrogen) atoms. The quantitative estimate of drug-likeness (QED) is 0.276. The molecule has 0 aliphatic carbocycles. The van der Waals surface area contributed by atoms with Crippen LogP contribution < -0.4 is 0 Å². The van der Waals surface area contributed by atoms with E-state index >= 15 is 0 Å². The van der Waals surface area contributed by atoms with Gasteiger partial charge in [0.15, 0.2) is 0 Å². The maximum atomic E-state index is 4.09. The van der Waals surface area contributed by atoms with Gasteiger partial charge in [0, 0.05) is 0 Å². The van der Waals surface area contributed by atoms with Crippen molar-refractivity contribution < 1.29 is 4.53 Å². The van der Waals surface area contributed by atoms with Gasteiger partial charge in [0.1, 0.15) is 0 Å². The Morgan fingerprint density at radius 2 is 2.50 bits per heavy atom. The Bertz CT molecular complexity index is 61.8. The van der Waals surface area contributed by atoms with Crippen LogP contribution in [0.4, 0.5) is 0 Å². The lowest BCUT2D eigenvalue weighted by atomic mass is 10.7. The second-order valence-corrected chi connectivity index (χ2v) is 0.764. The van der Waals surface area contributed by atoms with Gasteiger partial charge in [0.25, 0.3) is 0 Å². The monoisotopic (exact) mass is 98.0 g/mol. The molecule has 0 fully saturated rings. The van der Waals surface area contributed by atoms with E-state index in [0.29, 0.717) is 0 Å². The summed E-state index contributed by atoms with van der Waals surface area (Å²) in [6.45, 7) is 3.35. The van der Waals surface area contributed by atoms with E-state index in [1.54, 1.807) is 0 Å². The zero-order valence-corrected chi connectivity index (χ0v) is 4.22. The minimum atomic E-state index is 1.42. The zero-order chi connectivity index (χ0) is 4.83. The minimum Gasteiger partial charge on any atom is -0.454 e. The molecule has 0 N–H and O–H groups in total. The second-order valence-electron chi connectivity index (χ2n) is 0.581. The van der Waals surface area contributed by atoms with Crippen LogP contribution in [-0.2, 0) is 4.53 Å². The van der Waals surface area contributed by atoms with Crippen molar-refractivity contribution >= 4 is 16.7 Å². The molecule has 0 aromatic carbocycles. The predicted molar refractivity (Wildman–Crippen MR) is 25.5 cm³/mol. The first kappa shape index (κ1) is 5.43. The first-order valence-corrected chi connectivity index (χ1v) is 1.79. The Morgan fingerprint density at radius 3 is 2.67 bits per heavy atom. The SMILES string of the molecule is C=CC=NO[Si]. The van der Waals surface area contributed by atoms with Crippen molar-refractivity contribution in [3.63, 3.8) is 0 Å². The third-order valence-electron chi connectivity index (χ3n) is 0.219. The highest BCUT2D eigenvalue weighted by Crippen LogP contribution is 1.59. The van der Waals surface area contributed by atoms with Crippen LogP contribution in [0.25, 0.3) is 0 Å². The van der Waals surface area contributed by atoms with Gasteiger partial charge < -0.3 is 4.53 Å². The van der Waals surface area contributed by atoms with Crippen molar-refractivity contribution in [3.05, 3.63) is 12.7 Å². The fourth-order valence-electron chi connectivity index (χ4n) is 0.0735. The number of allylic oxidation sites excluding steroid dienone is 1. The molecule has 0 amide bonds. The molecule has 0 spiro atoms. The van der Waals surface area contributed by atoms with Crippen molar-refractivity contribution in [2.24, 2.45) is 5.16 Å². The summed E-state index contributed by atoms with van der Waals surface area (Å²) in [7, 11) is 2.65. The average molecular weight is 98.2 g/mol. The van der Waals surface area contributed by atoms with E-state index in [0.717, 1.165) is 0 Å². The molecule has 0 unspecified atom stereocenters. The Labute approximate surface area is 40.0 Å². The van der Waals surface area contributed by atoms with Gasteiger partial charge in [-0.25, -0.2) is 0 Å². The number of oxime groups is 1. The normalized spacial score (nSPS) is 8.83. The fourth-order valence-corrected chi connectivity index (χ4v) is 0.134. The van der Waals surface area contributed by atoms with Crippen LogP contribution in [0.2, 0.25) is 0 Å². The van der Waals surface area contributed by atoms with Crippen LogP contribution in [0.5, 0.6) is 0 Å². The molecule has 31 valence electrons.